The van der Waals surface area contributed by atoms with Gasteiger partial charge in [0.15, 0.2) is 0 Å². The maximum atomic E-state index is 12.3. The molecule has 0 unspecified atom stereocenters. The summed E-state index contributed by atoms with van der Waals surface area (Å²) in [5, 5.41) is 7.65. The molecule has 20 heavy (non-hydrogen) atoms. The predicted octanol–water partition coefficient (Wildman–Crippen LogP) is 1.13. The molecular weight excluding hydrogens is 282 g/mol. The number of rotatable bonds is 5. The Kier molecular flexibility index (Phi) is 4.77. The molecule has 2 rings (SSSR count). The number of hydrogen-bond donors (Lipinski definition) is 0. The number of morpholine rings is 1. The fourth-order valence-corrected chi connectivity index (χ4v) is 3.93. The van der Waals surface area contributed by atoms with Crippen molar-refractivity contribution in [3.8, 4) is 0 Å². The van der Waals surface area contributed by atoms with E-state index in [4.69, 9.17) is 9.15 Å². The first-order valence-corrected chi connectivity index (χ1v) is 8.42. The van der Waals surface area contributed by atoms with E-state index in [2.05, 4.69) is 10.2 Å². The Morgan fingerprint density at radius 3 is 2.80 bits per heavy atom. The topological polar surface area (TPSA) is 85.5 Å². The second-order valence-electron chi connectivity index (χ2n) is 5.17. The molecule has 2 heterocycles. The number of aryl methyl sites for hydroxylation is 1. The average Bonchev–Trinajstić information content (AvgIpc) is 2.85. The van der Waals surface area contributed by atoms with Crippen molar-refractivity contribution in [1.82, 2.24) is 14.5 Å². The van der Waals surface area contributed by atoms with Crippen molar-refractivity contribution in [2.24, 2.45) is 5.92 Å². The highest BCUT2D eigenvalue weighted by Crippen LogP contribution is 2.23. The minimum absolute atomic E-state index is 0.145. The van der Waals surface area contributed by atoms with Gasteiger partial charge in [-0.1, -0.05) is 20.3 Å². The van der Waals surface area contributed by atoms with Crippen LogP contribution in [0.3, 0.4) is 0 Å². The van der Waals surface area contributed by atoms with Crippen LogP contribution in [0.25, 0.3) is 0 Å². The zero-order valence-corrected chi connectivity index (χ0v) is 12.9. The molecule has 1 aliphatic rings. The molecule has 0 spiro atoms. The molecule has 1 saturated heterocycles. The summed E-state index contributed by atoms with van der Waals surface area (Å²) in [6.07, 6.45) is 0.368. The molecule has 1 aliphatic heterocycles. The van der Waals surface area contributed by atoms with Crippen LogP contribution in [-0.4, -0.2) is 48.4 Å². The Morgan fingerprint density at radius 2 is 2.20 bits per heavy atom. The normalized spacial score (nSPS) is 22.9. The van der Waals surface area contributed by atoms with E-state index in [1.165, 1.54) is 4.31 Å². The summed E-state index contributed by atoms with van der Waals surface area (Å²) in [5.74, 6) is 1.10. The van der Waals surface area contributed by atoms with Crippen molar-refractivity contribution in [3.05, 3.63) is 11.8 Å². The largest absolute Gasteiger partial charge is 0.423 e. The first-order valence-electron chi connectivity index (χ1n) is 6.81. The third-order valence-electron chi connectivity index (χ3n) is 3.43. The van der Waals surface area contributed by atoms with E-state index in [-0.39, 0.29) is 18.2 Å². The van der Waals surface area contributed by atoms with Crippen LogP contribution in [0, 0.1) is 12.8 Å². The van der Waals surface area contributed by atoms with E-state index in [9.17, 15) is 8.42 Å². The van der Waals surface area contributed by atoms with E-state index < -0.39 is 16.1 Å². The third kappa shape index (κ3) is 3.56. The van der Waals surface area contributed by atoms with Crippen molar-refractivity contribution >= 4 is 10.0 Å². The van der Waals surface area contributed by atoms with E-state index in [1.807, 2.05) is 13.8 Å². The number of nitrogens with zero attached hydrogens (tertiary/aromatic N) is 3. The Labute approximate surface area is 119 Å². The standard InChI is InChI=1S/C12H21N3O4S/c1-4-9(2)8-20(16,17)15-5-6-18-11(7-15)12-14-13-10(3)19-12/h9,11H,4-8H2,1-3H3/t9-,11+/m0/s1. The first-order chi connectivity index (χ1) is 9.42. The van der Waals surface area contributed by atoms with Gasteiger partial charge >= 0.3 is 0 Å². The SMILES string of the molecule is CC[C@H](C)CS(=O)(=O)N1CCO[C@@H](c2nnc(C)o2)C1. The highest BCUT2D eigenvalue weighted by Gasteiger charge is 2.33. The van der Waals surface area contributed by atoms with Gasteiger partial charge < -0.3 is 9.15 Å². The molecule has 2 atom stereocenters. The van der Waals surface area contributed by atoms with Gasteiger partial charge in [0.2, 0.25) is 21.8 Å². The predicted molar refractivity (Wildman–Crippen MR) is 72.5 cm³/mol. The molecule has 0 aromatic carbocycles. The first kappa shape index (κ1) is 15.4. The summed E-state index contributed by atoms with van der Waals surface area (Å²) in [4.78, 5) is 0. The van der Waals surface area contributed by atoms with Crippen LogP contribution >= 0.6 is 0 Å². The Hall–Kier alpha value is -0.990. The summed E-state index contributed by atoms with van der Waals surface area (Å²) in [6.45, 7) is 6.58. The van der Waals surface area contributed by atoms with Crippen LogP contribution in [0.5, 0.6) is 0 Å². The molecule has 0 amide bonds. The minimum Gasteiger partial charge on any atom is -0.423 e. The smallest absolute Gasteiger partial charge is 0.246 e. The summed E-state index contributed by atoms with van der Waals surface area (Å²) in [5.41, 5.74) is 0. The van der Waals surface area contributed by atoms with Crippen LogP contribution in [0.1, 0.15) is 38.2 Å². The lowest BCUT2D eigenvalue weighted by molar-refractivity contribution is -0.0177. The average molecular weight is 303 g/mol. The van der Waals surface area contributed by atoms with Crippen LogP contribution < -0.4 is 0 Å². The summed E-state index contributed by atoms with van der Waals surface area (Å²) in [7, 11) is -3.27. The Morgan fingerprint density at radius 1 is 1.45 bits per heavy atom. The van der Waals surface area contributed by atoms with Gasteiger partial charge in [0.1, 0.15) is 6.10 Å². The fraction of sp³-hybridized carbons (Fsp3) is 0.833. The number of ether oxygens (including phenoxy) is 1. The van der Waals surface area contributed by atoms with Crippen LogP contribution in [0.15, 0.2) is 4.42 Å². The molecule has 0 saturated carbocycles. The van der Waals surface area contributed by atoms with Gasteiger partial charge in [-0.15, -0.1) is 10.2 Å². The van der Waals surface area contributed by atoms with E-state index in [1.54, 1.807) is 6.92 Å². The second-order valence-corrected chi connectivity index (χ2v) is 7.18. The van der Waals surface area contributed by atoms with E-state index >= 15 is 0 Å². The molecular formula is C12H21N3O4S. The number of aromatic nitrogens is 2. The Bertz CT molecular complexity index is 543. The van der Waals surface area contributed by atoms with Gasteiger partial charge in [0, 0.05) is 20.0 Å². The summed E-state index contributed by atoms with van der Waals surface area (Å²) in [6, 6.07) is 0. The van der Waals surface area contributed by atoms with Gasteiger partial charge in [0.05, 0.1) is 12.4 Å². The van der Waals surface area contributed by atoms with Crippen molar-refractivity contribution in [2.45, 2.75) is 33.3 Å². The molecule has 1 aromatic heterocycles. The molecule has 7 nitrogen and oxygen atoms in total. The van der Waals surface area contributed by atoms with Crippen LogP contribution in [-0.2, 0) is 14.8 Å². The molecule has 8 heteroatoms. The van der Waals surface area contributed by atoms with Gasteiger partial charge in [-0.25, -0.2) is 8.42 Å². The molecule has 0 bridgehead atoms. The lowest BCUT2D eigenvalue weighted by Crippen LogP contribution is -2.44. The van der Waals surface area contributed by atoms with Crippen molar-refractivity contribution in [1.29, 1.82) is 0 Å². The zero-order chi connectivity index (χ0) is 14.8. The van der Waals surface area contributed by atoms with Crippen LogP contribution in [0.2, 0.25) is 0 Å². The third-order valence-corrected chi connectivity index (χ3v) is 5.54. The Balaban J connectivity index is 2.06. The van der Waals surface area contributed by atoms with Gasteiger partial charge in [0.25, 0.3) is 0 Å². The van der Waals surface area contributed by atoms with E-state index in [0.29, 0.717) is 24.9 Å². The molecule has 0 N–H and O–H groups in total. The molecule has 1 aromatic rings. The monoisotopic (exact) mass is 303 g/mol. The zero-order valence-electron chi connectivity index (χ0n) is 12.1. The molecule has 1 fully saturated rings. The van der Waals surface area contributed by atoms with Crippen molar-refractivity contribution in [3.63, 3.8) is 0 Å². The highest BCUT2D eigenvalue weighted by molar-refractivity contribution is 7.89. The van der Waals surface area contributed by atoms with E-state index in [0.717, 1.165) is 6.42 Å². The van der Waals surface area contributed by atoms with Gasteiger partial charge in [-0.3, -0.25) is 0 Å². The summed E-state index contributed by atoms with van der Waals surface area (Å²) >= 11 is 0. The van der Waals surface area contributed by atoms with Crippen LogP contribution in [0.4, 0.5) is 0 Å². The maximum Gasteiger partial charge on any atom is 0.246 e. The second kappa shape index (κ2) is 6.19. The van der Waals surface area contributed by atoms with Gasteiger partial charge in [-0.2, -0.15) is 4.31 Å². The van der Waals surface area contributed by atoms with Crippen molar-refractivity contribution < 1.29 is 17.6 Å². The molecule has 0 aliphatic carbocycles. The quantitative estimate of drug-likeness (QED) is 0.810. The summed E-state index contributed by atoms with van der Waals surface area (Å²) < 4.78 is 37.0. The fourth-order valence-electron chi connectivity index (χ4n) is 2.05. The van der Waals surface area contributed by atoms with Crippen molar-refractivity contribution in [2.75, 3.05) is 25.4 Å². The maximum absolute atomic E-state index is 12.3. The lowest BCUT2D eigenvalue weighted by Gasteiger charge is -2.31. The lowest BCUT2D eigenvalue weighted by atomic mass is 10.2. The number of sulfonamides is 1. The molecule has 0 radical (unpaired) electrons. The minimum atomic E-state index is -3.27. The molecule has 114 valence electrons. The highest BCUT2D eigenvalue weighted by atomic mass is 32.2. The number of hydrogen-bond acceptors (Lipinski definition) is 6. The van der Waals surface area contributed by atoms with Gasteiger partial charge in [-0.05, 0) is 5.92 Å².